The molecule has 0 amide bonds. The van der Waals surface area contributed by atoms with Crippen molar-refractivity contribution in [2.45, 2.75) is 51.1 Å². The van der Waals surface area contributed by atoms with E-state index in [4.69, 9.17) is 4.74 Å². The van der Waals surface area contributed by atoms with Gasteiger partial charge >= 0.3 is 5.97 Å². The van der Waals surface area contributed by atoms with E-state index >= 15 is 0 Å². The Bertz CT molecular complexity index is 711. The predicted octanol–water partition coefficient (Wildman–Crippen LogP) is 4.43. The third kappa shape index (κ3) is 6.40. The summed E-state index contributed by atoms with van der Waals surface area (Å²) in [6.45, 7) is 1.28. The van der Waals surface area contributed by atoms with Gasteiger partial charge in [-0.25, -0.2) is 0 Å². The van der Waals surface area contributed by atoms with Gasteiger partial charge in [0.25, 0.3) is 0 Å². The van der Waals surface area contributed by atoms with Gasteiger partial charge in [-0.3, -0.25) is 4.79 Å². The molecule has 0 saturated heterocycles. The molecule has 4 nitrogen and oxygen atoms in total. The highest BCUT2D eigenvalue weighted by molar-refractivity contribution is 5.73. The first kappa shape index (κ1) is 19.4. The van der Waals surface area contributed by atoms with Crippen molar-refractivity contribution < 1.29 is 14.6 Å². The lowest BCUT2D eigenvalue weighted by atomic mass is 9.90. The Labute approximate surface area is 161 Å². The summed E-state index contributed by atoms with van der Waals surface area (Å²) in [5.74, 6) is 0.709. The van der Waals surface area contributed by atoms with Gasteiger partial charge in [0, 0.05) is 6.54 Å². The fourth-order valence-corrected chi connectivity index (χ4v) is 3.65. The van der Waals surface area contributed by atoms with Crippen molar-refractivity contribution in [1.29, 1.82) is 0 Å². The summed E-state index contributed by atoms with van der Waals surface area (Å²) < 4.78 is 5.99. The van der Waals surface area contributed by atoms with Crippen molar-refractivity contribution in [2.75, 3.05) is 6.61 Å². The minimum atomic E-state index is -0.830. The molecule has 27 heavy (non-hydrogen) atoms. The highest BCUT2D eigenvalue weighted by Gasteiger charge is 2.17. The number of carboxylic acids is 1. The Kier molecular flexibility index (Phi) is 7.28. The highest BCUT2D eigenvalue weighted by Crippen LogP contribution is 2.25. The first-order chi connectivity index (χ1) is 13.2. The molecule has 3 rings (SSSR count). The summed E-state index contributed by atoms with van der Waals surface area (Å²) in [6.07, 6.45) is 6.98. The molecule has 0 aromatic heterocycles. The second-order valence-electron chi connectivity index (χ2n) is 7.42. The van der Waals surface area contributed by atoms with Gasteiger partial charge in [-0.05, 0) is 48.4 Å². The Balaban J connectivity index is 1.52. The van der Waals surface area contributed by atoms with E-state index < -0.39 is 12.0 Å². The Morgan fingerprint density at radius 3 is 2.52 bits per heavy atom. The van der Waals surface area contributed by atoms with E-state index in [0.29, 0.717) is 18.9 Å². The van der Waals surface area contributed by atoms with Crippen LogP contribution < -0.4 is 10.1 Å². The van der Waals surface area contributed by atoms with Crippen LogP contribution in [0, 0.1) is 5.92 Å². The van der Waals surface area contributed by atoms with Crippen LogP contribution in [0.5, 0.6) is 5.75 Å². The van der Waals surface area contributed by atoms with Gasteiger partial charge < -0.3 is 15.2 Å². The van der Waals surface area contributed by atoms with Crippen LogP contribution in [0.4, 0.5) is 0 Å². The largest absolute Gasteiger partial charge is 0.493 e. The minimum absolute atomic E-state index is 0.466. The van der Waals surface area contributed by atoms with Gasteiger partial charge in [0.05, 0.1) is 6.61 Å². The fourth-order valence-electron chi connectivity index (χ4n) is 3.65. The molecular formula is C23H29NO3. The molecule has 2 aromatic carbocycles. The van der Waals surface area contributed by atoms with E-state index in [-0.39, 0.29) is 0 Å². The maximum absolute atomic E-state index is 11.6. The zero-order valence-corrected chi connectivity index (χ0v) is 15.8. The Hall–Kier alpha value is -2.33. The van der Waals surface area contributed by atoms with E-state index in [2.05, 4.69) is 5.32 Å². The van der Waals surface area contributed by atoms with Gasteiger partial charge in [-0.2, -0.15) is 0 Å². The monoisotopic (exact) mass is 367 g/mol. The van der Waals surface area contributed by atoms with E-state index in [1.165, 1.54) is 32.1 Å². The van der Waals surface area contributed by atoms with Gasteiger partial charge in [-0.15, -0.1) is 0 Å². The number of nitrogens with one attached hydrogen (secondary N) is 1. The molecule has 0 spiro atoms. The van der Waals surface area contributed by atoms with E-state index in [1.54, 1.807) is 0 Å². The molecule has 4 heteroatoms. The van der Waals surface area contributed by atoms with Crippen molar-refractivity contribution >= 4 is 5.97 Å². The highest BCUT2D eigenvalue weighted by atomic mass is 16.5. The molecule has 1 fully saturated rings. The first-order valence-electron chi connectivity index (χ1n) is 9.92. The number of carbonyl (C=O) groups is 1. The molecule has 144 valence electrons. The molecule has 2 aromatic rings. The minimum Gasteiger partial charge on any atom is -0.493 e. The van der Waals surface area contributed by atoms with Crippen LogP contribution in [-0.4, -0.2) is 23.7 Å². The molecule has 0 heterocycles. The molecule has 0 radical (unpaired) electrons. The number of carboxylic acid groups (broad SMARTS) is 1. The average Bonchev–Trinajstić information content (AvgIpc) is 2.71. The van der Waals surface area contributed by atoms with Crippen molar-refractivity contribution in [3.05, 3.63) is 65.7 Å². The molecule has 1 aliphatic carbocycles. The Morgan fingerprint density at radius 2 is 1.78 bits per heavy atom. The predicted molar refractivity (Wildman–Crippen MR) is 107 cm³/mol. The van der Waals surface area contributed by atoms with Crippen LogP contribution in [-0.2, 0) is 17.8 Å². The zero-order valence-electron chi connectivity index (χ0n) is 15.8. The number of rotatable bonds is 9. The summed E-state index contributed by atoms with van der Waals surface area (Å²) >= 11 is 0. The number of aliphatic carboxylic acids is 1. The molecule has 0 aliphatic heterocycles. The molecule has 1 atom stereocenters. The topological polar surface area (TPSA) is 58.6 Å². The lowest BCUT2D eigenvalue weighted by Crippen LogP contribution is -2.38. The summed E-state index contributed by atoms with van der Waals surface area (Å²) in [4.78, 5) is 11.6. The normalized spacial score (nSPS) is 16.0. The van der Waals surface area contributed by atoms with Crippen molar-refractivity contribution in [2.24, 2.45) is 5.92 Å². The summed E-state index contributed by atoms with van der Waals surface area (Å²) in [6, 6.07) is 17.1. The smallest absolute Gasteiger partial charge is 0.321 e. The number of hydrogen-bond donors (Lipinski definition) is 2. The number of hydrogen-bond acceptors (Lipinski definition) is 3. The fraction of sp³-hybridized carbons (Fsp3) is 0.435. The van der Waals surface area contributed by atoms with Crippen LogP contribution in [0.25, 0.3) is 0 Å². The lowest BCUT2D eigenvalue weighted by molar-refractivity contribution is -0.139. The average molecular weight is 367 g/mol. The molecule has 0 unspecified atom stereocenters. The molecular weight excluding hydrogens is 338 g/mol. The third-order valence-corrected chi connectivity index (χ3v) is 5.24. The zero-order chi connectivity index (χ0) is 18.9. The summed E-state index contributed by atoms with van der Waals surface area (Å²) in [5, 5.41) is 12.7. The first-order valence-corrected chi connectivity index (χ1v) is 9.92. The lowest BCUT2D eigenvalue weighted by Gasteiger charge is -2.21. The maximum atomic E-state index is 11.6. The molecule has 0 bridgehead atoms. The second kappa shape index (κ2) is 10.1. The quantitative estimate of drug-likeness (QED) is 0.688. The standard InChI is InChI=1S/C23H29NO3/c25-23(26)22(15-18-8-3-1-4-9-18)24-16-20-12-7-13-21(14-20)27-17-19-10-5-2-6-11-19/h1,3-4,7-9,12-14,19,22,24H,2,5-6,10-11,15-17H2,(H,25,26)/t22-/m0/s1. The van der Waals surface area contributed by atoms with Crippen LogP contribution in [0.1, 0.15) is 43.2 Å². The number of ether oxygens (including phenoxy) is 1. The second-order valence-corrected chi connectivity index (χ2v) is 7.42. The summed E-state index contributed by atoms with van der Waals surface area (Å²) in [5.41, 5.74) is 2.05. The third-order valence-electron chi connectivity index (χ3n) is 5.24. The van der Waals surface area contributed by atoms with Gasteiger partial charge in [-0.1, -0.05) is 61.7 Å². The van der Waals surface area contributed by atoms with Crippen molar-refractivity contribution in [3.8, 4) is 5.75 Å². The van der Waals surface area contributed by atoms with E-state index in [9.17, 15) is 9.90 Å². The maximum Gasteiger partial charge on any atom is 0.321 e. The van der Waals surface area contributed by atoms with Crippen LogP contribution >= 0.6 is 0 Å². The van der Waals surface area contributed by atoms with Gasteiger partial charge in [0.15, 0.2) is 0 Å². The van der Waals surface area contributed by atoms with Crippen molar-refractivity contribution in [3.63, 3.8) is 0 Å². The molecule has 1 aliphatic rings. The van der Waals surface area contributed by atoms with E-state index in [1.807, 2.05) is 54.6 Å². The van der Waals surface area contributed by atoms with Crippen molar-refractivity contribution in [1.82, 2.24) is 5.32 Å². The molecule has 2 N–H and O–H groups in total. The number of benzene rings is 2. The SMILES string of the molecule is O=C(O)[C@H](Cc1ccccc1)NCc1cccc(OCC2CCCCC2)c1. The van der Waals surface area contributed by atoms with E-state index in [0.717, 1.165) is 23.5 Å². The van der Waals surface area contributed by atoms with Crippen LogP contribution in [0.2, 0.25) is 0 Å². The van der Waals surface area contributed by atoms with Gasteiger partial charge in [0.1, 0.15) is 11.8 Å². The van der Waals surface area contributed by atoms with Crippen LogP contribution in [0.15, 0.2) is 54.6 Å². The molecule has 1 saturated carbocycles. The van der Waals surface area contributed by atoms with Crippen LogP contribution in [0.3, 0.4) is 0 Å². The van der Waals surface area contributed by atoms with Gasteiger partial charge in [0.2, 0.25) is 0 Å². The Morgan fingerprint density at radius 1 is 1.04 bits per heavy atom. The summed E-state index contributed by atoms with van der Waals surface area (Å²) in [7, 11) is 0.